The van der Waals surface area contributed by atoms with E-state index in [0.717, 1.165) is 12.3 Å². The molecule has 1 aromatic carbocycles. The molecule has 0 saturated heterocycles. The molecule has 0 spiro atoms. The fourth-order valence-corrected chi connectivity index (χ4v) is 1.92. The van der Waals surface area contributed by atoms with Crippen molar-refractivity contribution in [2.24, 2.45) is 5.92 Å². The number of amides is 1. The lowest BCUT2D eigenvalue weighted by Crippen LogP contribution is -2.25. The fraction of sp³-hybridized carbons (Fsp3) is 0.500. The van der Waals surface area contributed by atoms with Gasteiger partial charge in [0, 0.05) is 6.54 Å². The van der Waals surface area contributed by atoms with Crippen molar-refractivity contribution in [3.63, 3.8) is 0 Å². The number of carbonyl (C=O) groups excluding carboxylic acids is 1. The van der Waals surface area contributed by atoms with E-state index in [4.69, 9.17) is 0 Å². The summed E-state index contributed by atoms with van der Waals surface area (Å²) in [6.45, 7) is 2.31. The predicted octanol–water partition coefficient (Wildman–Crippen LogP) is 3.05. The molecule has 17 heavy (non-hydrogen) atoms. The molecule has 1 N–H and O–H groups in total. The largest absolute Gasteiger partial charge is 0.352 e. The minimum Gasteiger partial charge on any atom is -0.352 e. The average Bonchev–Trinajstić information content (AvgIpc) is 3.12. The van der Waals surface area contributed by atoms with Gasteiger partial charge in [0.1, 0.15) is 5.82 Å². The van der Waals surface area contributed by atoms with Crippen LogP contribution in [0.3, 0.4) is 0 Å². The number of halogens is 1. The van der Waals surface area contributed by atoms with Crippen LogP contribution in [0.15, 0.2) is 18.2 Å². The van der Waals surface area contributed by atoms with Crippen LogP contribution in [-0.4, -0.2) is 12.5 Å². The van der Waals surface area contributed by atoms with Crippen LogP contribution in [0.2, 0.25) is 0 Å². The van der Waals surface area contributed by atoms with Crippen LogP contribution in [0.4, 0.5) is 4.39 Å². The normalized spacial score (nSPS) is 14.7. The fourth-order valence-electron chi connectivity index (χ4n) is 1.92. The maximum Gasteiger partial charge on any atom is 0.254 e. The number of hydrogen-bond donors (Lipinski definition) is 1. The zero-order valence-electron chi connectivity index (χ0n) is 10.1. The third-order valence-corrected chi connectivity index (χ3v) is 3.21. The molecular formula is C14H18FNO. The van der Waals surface area contributed by atoms with Crippen LogP contribution >= 0.6 is 0 Å². The number of aryl methyl sites for hydroxylation is 1. The van der Waals surface area contributed by atoms with Crippen molar-refractivity contribution in [3.8, 4) is 0 Å². The van der Waals surface area contributed by atoms with Crippen molar-refractivity contribution in [3.05, 3.63) is 35.1 Å². The smallest absolute Gasteiger partial charge is 0.254 e. The Morgan fingerprint density at radius 3 is 2.94 bits per heavy atom. The second-order valence-corrected chi connectivity index (χ2v) is 4.78. The number of carbonyl (C=O) groups is 1. The van der Waals surface area contributed by atoms with E-state index >= 15 is 0 Å². The van der Waals surface area contributed by atoms with Crippen molar-refractivity contribution in [1.29, 1.82) is 0 Å². The Kier molecular flexibility index (Phi) is 3.77. The van der Waals surface area contributed by atoms with Gasteiger partial charge >= 0.3 is 0 Å². The molecule has 92 valence electrons. The van der Waals surface area contributed by atoms with Gasteiger partial charge in [0.25, 0.3) is 5.91 Å². The molecule has 1 aromatic rings. The number of rotatable bonds is 5. The van der Waals surface area contributed by atoms with Crippen LogP contribution in [0, 0.1) is 18.7 Å². The highest BCUT2D eigenvalue weighted by Gasteiger charge is 2.20. The molecule has 1 amide bonds. The van der Waals surface area contributed by atoms with Gasteiger partial charge in [-0.3, -0.25) is 4.79 Å². The first kappa shape index (κ1) is 12.1. The van der Waals surface area contributed by atoms with E-state index in [9.17, 15) is 9.18 Å². The first-order valence-corrected chi connectivity index (χ1v) is 6.22. The van der Waals surface area contributed by atoms with Gasteiger partial charge in [-0.1, -0.05) is 25.0 Å². The third kappa shape index (κ3) is 3.29. The van der Waals surface area contributed by atoms with Crippen molar-refractivity contribution >= 4 is 5.91 Å². The van der Waals surface area contributed by atoms with E-state index in [0.29, 0.717) is 12.1 Å². The first-order chi connectivity index (χ1) is 8.18. The summed E-state index contributed by atoms with van der Waals surface area (Å²) in [5.41, 5.74) is 0.659. The SMILES string of the molecule is Cc1cccc(C(=O)NCCCC2CC2)c1F. The minimum absolute atomic E-state index is 0.149. The highest BCUT2D eigenvalue weighted by molar-refractivity contribution is 5.94. The van der Waals surface area contributed by atoms with Gasteiger partial charge in [-0.2, -0.15) is 0 Å². The van der Waals surface area contributed by atoms with E-state index < -0.39 is 5.82 Å². The van der Waals surface area contributed by atoms with Gasteiger partial charge in [0.05, 0.1) is 5.56 Å². The van der Waals surface area contributed by atoms with E-state index in [1.165, 1.54) is 25.3 Å². The lowest BCUT2D eigenvalue weighted by atomic mass is 10.1. The summed E-state index contributed by atoms with van der Waals surface area (Å²) in [5.74, 6) is 0.164. The average molecular weight is 235 g/mol. The van der Waals surface area contributed by atoms with E-state index in [-0.39, 0.29) is 11.5 Å². The Hall–Kier alpha value is -1.38. The molecule has 2 rings (SSSR count). The summed E-state index contributed by atoms with van der Waals surface area (Å²) in [7, 11) is 0. The van der Waals surface area contributed by atoms with Gasteiger partial charge in [-0.05, 0) is 37.3 Å². The summed E-state index contributed by atoms with van der Waals surface area (Å²) in [6.07, 6.45) is 4.83. The highest BCUT2D eigenvalue weighted by atomic mass is 19.1. The van der Waals surface area contributed by atoms with E-state index in [2.05, 4.69) is 5.32 Å². The van der Waals surface area contributed by atoms with Crippen molar-refractivity contribution in [1.82, 2.24) is 5.32 Å². The Bertz CT molecular complexity index is 413. The minimum atomic E-state index is -0.410. The molecule has 0 radical (unpaired) electrons. The second-order valence-electron chi connectivity index (χ2n) is 4.78. The monoisotopic (exact) mass is 235 g/mol. The van der Waals surface area contributed by atoms with Gasteiger partial charge in [0.15, 0.2) is 0 Å². The Labute approximate surface area is 101 Å². The van der Waals surface area contributed by atoms with E-state index in [1.807, 2.05) is 0 Å². The molecule has 0 unspecified atom stereocenters. The third-order valence-electron chi connectivity index (χ3n) is 3.21. The Morgan fingerprint density at radius 1 is 1.47 bits per heavy atom. The van der Waals surface area contributed by atoms with Crippen molar-refractivity contribution < 1.29 is 9.18 Å². The zero-order chi connectivity index (χ0) is 12.3. The van der Waals surface area contributed by atoms with Crippen LogP contribution < -0.4 is 5.32 Å². The predicted molar refractivity (Wildman–Crippen MR) is 65.4 cm³/mol. The van der Waals surface area contributed by atoms with E-state index in [1.54, 1.807) is 19.1 Å². The lowest BCUT2D eigenvalue weighted by molar-refractivity contribution is 0.0948. The summed E-state index contributed by atoms with van der Waals surface area (Å²) >= 11 is 0. The molecule has 0 heterocycles. The Morgan fingerprint density at radius 2 is 2.24 bits per heavy atom. The maximum absolute atomic E-state index is 13.6. The number of benzene rings is 1. The molecular weight excluding hydrogens is 217 g/mol. The molecule has 0 aromatic heterocycles. The molecule has 0 atom stereocenters. The Balaban J connectivity index is 1.83. The number of nitrogens with one attached hydrogen (secondary N) is 1. The number of hydrogen-bond acceptors (Lipinski definition) is 1. The molecule has 1 saturated carbocycles. The zero-order valence-corrected chi connectivity index (χ0v) is 10.1. The molecule has 1 aliphatic rings. The second kappa shape index (κ2) is 5.30. The molecule has 1 fully saturated rings. The molecule has 3 heteroatoms. The van der Waals surface area contributed by atoms with Gasteiger partial charge in [-0.25, -0.2) is 4.39 Å². The standard InChI is InChI=1S/C14H18FNO/c1-10-4-2-6-12(13(10)15)14(17)16-9-3-5-11-7-8-11/h2,4,6,11H,3,5,7-9H2,1H3,(H,16,17). The topological polar surface area (TPSA) is 29.1 Å². The van der Waals surface area contributed by atoms with Crippen LogP contribution in [0.5, 0.6) is 0 Å². The summed E-state index contributed by atoms with van der Waals surface area (Å²) in [4.78, 5) is 11.7. The lowest BCUT2D eigenvalue weighted by Gasteiger charge is -2.07. The first-order valence-electron chi connectivity index (χ1n) is 6.22. The summed E-state index contributed by atoms with van der Waals surface area (Å²) in [5, 5.41) is 2.77. The van der Waals surface area contributed by atoms with Crippen LogP contribution in [0.1, 0.15) is 41.6 Å². The van der Waals surface area contributed by atoms with Crippen molar-refractivity contribution in [2.75, 3.05) is 6.54 Å². The molecule has 0 bridgehead atoms. The molecule has 0 aliphatic heterocycles. The summed E-state index contributed by atoms with van der Waals surface area (Å²) < 4.78 is 13.6. The van der Waals surface area contributed by atoms with Gasteiger partial charge in [0.2, 0.25) is 0 Å². The van der Waals surface area contributed by atoms with Crippen LogP contribution in [0.25, 0.3) is 0 Å². The van der Waals surface area contributed by atoms with Crippen molar-refractivity contribution in [2.45, 2.75) is 32.6 Å². The maximum atomic E-state index is 13.6. The van der Waals surface area contributed by atoms with Gasteiger partial charge < -0.3 is 5.32 Å². The quantitative estimate of drug-likeness (QED) is 0.781. The molecule has 1 aliphatic carbocycles. The van der Waals surface area contributed by atoms with Gasteiger partial charge in [-0.15, -0.1) is 0 Å². The summed E-state index contributed by atoms with van der Waals surface area (Å²) in [6, 6.07) is 4.90. The van der Waals surface area contributed by atoms with Crippen LogP contribution in [-0.2, 0) is 0 Å². The molecule has 2 nitrogen and oxygen atoms in total. The highest BCUT2D eigenvalue weighted by Crippen LogP contribution is 2.33.